The van der Waals surface area contributed by atoms with E-state index in [4.69, 9.17) is 11.6 Å². The minimum Gasteiger partial charge on any atom is -0.306 e. The van der Waals surface area contributed by atoms with Crippen molar-refractivity contribution in [3.05, 3.63) is 92.5 Å². The van der Waals surface area contributed by atoms with Gasteiger partial charge in [-0.05, 0) is 24.3 Å². The van der Waals surface area contributed by atoms with Crippen LogP contribution in [0.5, 0.6) is 0 Å². The van der Waals surface area contributed by atoms with Crippen molar-refractivity contribution in [2.45, 2.75) is 25.7 Å². The first-order valence-electron chi connectivity index (χ1n) is 10.3. The van der Waals surface area contributed by atoms with Crippen LogP contribution in [0, 0.1) is 0 Å². The summed E-state index contributed by atoms with van der Waals surface area (Å²) in [4.78, 5) is 26.6. The van der Waals surface area contributed by atoms with Crippen LogP contribution in [0.4, 0.5) is 13.2 Å². The molecule has 0 radical (unpaired) electrons. The van der Waals surface area contributed by atoms with Gasteiger partial charge in [0.15, 0.2) is 0 Å². The lowest BCUT2D eigenvalue weighted by Crippen LogP contribution is -2.35. The molecule has 0 amide bonds. The van der Waals surface area contributed by atoms with Gasteiger partial charge >= 0.3 is 6.18 Å². The van der Waals surface area contributed by atoms with E-state index >= 15 is 0 Å². The van der Waals surface area contributed by atoms with Crippen molar-refractivity contribution in [2.24, 2.45) is 0 Å². The standard InChI is InChI=1S/C24H18ClF3N4O/c25-21-16(11-15-3-1-2-4-19(15)29-21)12-32-10-9-20-18(13-32)23(33)31-22(30-20)14-5-7-17(8-6-14)24(26,27)28/h1-8,11H,9-10,12-13H2,(H,30,31,33). The molecule has 1 aliphatic heterocycles. The Morgan fingerprint density at radius 1 is 1.06 bits per heavy atom. The highest BCUT2D eigenvalue weighted by molar-refractivity contribution is 6.30. The lowest BCUT2D eigenvalue weighted by molar-refractivity contribution is -0.137. The smallest absolute Gasteiger partial charge is 0.306 e. The van der Waals surface area contributed by atoms with Gasteiger partial charge in [0, 0.05) is 42.6 Å². The maximum Gasteiger partial charge on any atom is 0.416 e. The van der Waals surface area contributed by atoms with Gasteiger partial charge in [-0.2, -0.15) is 13.2 Å². The topological polar surface area (TPSA) is 61.9 Å². The van der Waals surface area contributed by atoms with Gasteiger partial charge in [-0.3, -0.25) is 9.69 Å². The van der Waals surface area contributed by atoms with Crippen LogP contribution in [0.15, 0.2) is 59.4 Å². The Kier molecular flexibility index (Phi) is 5.42. The van der Waals surface area contributed by atoms with Crippen molar-refractivity contribution >= 4 is 22.5 Å². The summed E-state index contributed by atoms with van der Waals surface area (Å²) in [5, 5.41) is 1.43. The molecule has 1 aliphatic rings. The van der Waals surface area contributed by atoms with Gasteiger partial charge in [-0.15, -0.1) is 0 Å². The number of aromatic nitrogens is 3. The lowest BCUT2D eigenvalue weighted by Gasteiger charge is -2.28. The predicted molar refractivity (Wildman–Crippen MR) is 120 cm³/mol. The minimum atomic E-state index is -4.41. The average Bonchev–Trinajstić information content (AvgIpc) is 2.79. The Morgan fingerprint density at radius 2 is 1.82 bits per heavy atom. The van der Waals surface area contributed by atoms with Crippen molar-refractivity contribution in [3.8, 4) is 11.4 Å². The van der Waals surface area contributed by atoms with E-state index in [2.05, 4.69) is 19.9 Å². The second-order valence-corrected chi connectivity index (χ2v) is 8.36. The van der Waals surface area contributed by atoms with Crippen LogP contribution in [-0.2, 0) is 25.7 Å². The first-order valence-corrected chi connectivity index (χ1v) is 10.7. The monoisotopic (exact) mass is 470 g/mol. The van der Waals surface area contributed by atoms with Crippen molar-refractivity contribution in [2.75, 3.05) is 6.54 Å². The summed E-state index contributed by atoms with van der Waals surface area (Å²) in [5.74, 6) is 0.266. The molecule has 2 aromatic carbocycles. The Balaban J connectivity index is 1.38. The maximum atomic E-state index is 12.8. The molecule has 5 rings (SSSR count). The van der Waals surface area contributed by atoms with Gasteiger partial charge in [-0.1, -0.05) is 41.9 Å². The zero-order chi connectivity index (χ0) is 23.2. The number of hydrogen-bond donors (Lipinski definition) is 1. The fraction of sp³-hybridized carbons (Fsp3) is 0.208. The number of fused-ring (bicyclic) bond motifs is 2. The summed E-state index contributed by atoms with van der Waals surface area (Å²) < 4.78 is 38.4. The number of nitrogens with zero attached hydrogens (tertiary/aromatic N) is 3. The summed E-state index contributed by atoms with van der Waals surface area (Å²) in [6, 6.07) is 14.3. The molecule has 0 unspecified atom stereocenters. The number of rotatable bonds is 3. The molecular formula is C24H18ClF3N4O. The third-order valence-corrected chi connectivity index (χ3v) is 6.10. The second-order valence-electron chi connectivity index (χ2n) is 8.01. The van der Waals surface area contributed by atoms with Crippen molar-refractivity contribution in [1.29, 1.82) is 0 Å². The minimum absolute atomic E-state index is 0.266. The highest BCUT2D eigenvalue weighted by atomic mass is 35.5. The quantitative estimate of drug-likeness (QED) is 0.417. The van der Waals surface area contributed by atoms with E-state index in [1.807, 2.05) is 30.3 Å². The number of halogens is 4. The zero-order valence-corrected chi connectivity index (χ0v) is 18.0. The summed E-state index contributed by atoms with van der Waals surface area (Å²) in [6.45, 7) is 1.60. The first-order chi connectivity index (χ1) is 15.8. The molecule has 5 nitrogen and oxygen atoms in total. The van der Waals surface area contributed by atoms with Crippen molar-refractivity contribution in [1.82, 2.24) is 19.9 Å². The highest BCUT2D eigenvalue weighted by Crippen LogP contribution is 2.30. The Labute approximate surface area is 191 Å². The average molecular weight is 471 g/mol. The van der Waals surface area contributed by atoms with E-state index in [0.717, 1.165) is 28.6 Å². The van der Waals surface area contributed by atoms with E-state index < -0.39 is 11.7 Å². The zero-order valence-electron chi connectivity index (χ0n) is 17.3. The highest BCUT2D eigenvalue weighted by Gasteiger charge is 2.30. The number of pyridine rings is 1. The number of H-pyrrole nitrogens is 1. The van der Waals surface area contributed by atoms with Crippen LogP contribution >= 0.6 is 11.6 Å². The molecule has 0 spiro atoms. The van der Waals surface area contributed by atoms with Gasteiger partial charge in [0.05, 0.1) is 22.3 Å². The number of aromatic amines is 1. The van der Waals surface area contributed by atoms with Crippen LogP contribution in [0.25, 0.3) is 22.3 Å². The van der Waals surface area contributed by atoms with Gasteiger partial charge in [0.2, 0.25) is 0 Å². The SMILES string of the molecule is O=c1[nH]c(-c2ccc(C(F)(F)F)cc2)nc2c1CN(Cc1cc3ccccc3nc1Cl)CC2. The van der Waals surface area contributed by atoms with E-state index in [0.29, 0.717) is 48.0 Å². The van der Waals surface area contributed by atoms with E-state index in [9.17, 15) is 18.0 Å². The van der Waals surface area contributed by atoms with Crippen LogP contribution in [0.3, 0.4) is 0 Å². The molecule has 0 fully saturated rings. The third kappa shape index (κ3) is 4.36. The molecule has 168 valence electrons. The number of para-hydroxylation sites is 1. The molecule has 2 aromatic heterocycles. The Bertz CT molecular complexity index is 1400. The summed E-state index contributed by atoms with van der Waals surface area (Å²) >= 11 is 6.39. The number of nitrogens with one attached hydrogen (secondary N) is 1. The third-order valence-electron chi connectivity index (χ3n) is 5.78. The Hall–Kier alpha value is -3.23. The molecule has 0 atom stereocenters. The molecule has 0 saturated carbocycles. The van der Waals surface area contributed by atoms with Crippen LogP contribution in [0.1, 0.15) is 22.4 Å². The fourth-order valence-electron chi connectivity index (χ4n) is 4.06. The second kappa shape index (κ2) is 8.28. The maximum absolute atomic E-state index is 12.8. The molecule has 1 N–H and O–H groups in total. The van der Waals surface area contributed by atoms with Gasteiger partial charge < -0.3 is 4.98 Å². The van der Waals surface area contributed by atoms with E-state index in [1.54, 1.807) is 0 Å². The van der Waals surface area contributed by atoms with Gasteiger partial charge in [0.1, 0.15) is 11.0 Å². The molecular weight excluding hydrogens is 453 g/mol. The summed E-state index contributed by atoms with van der Waals surface area (Å²) in [6.07, 6.45) is -3.87. The van der Waals surface area contributed by atoms with Crippen LogP contribution in [0.2, 0.25) is 5.15 Å². The molecule has 0 saturated heterocycles. The molecule has 9 heteroatoms. The lowest BCUT2D eigenvalue weighted by atomic mass is 10.0. The predicted octanol–water partition coefficient (Wildman–Crippen LogP) is 5.22. The van der Waals surface area contributed by atoms with Crippen LogP contribution < -0.4 is 5.56 Å². The van der Waals surface area contributed by atoms with Gasteiger partial charge in [-0.25, -0.2) is 9.97 Å². The molecule has 33 heavy (non-hydrogen) atoms. The number of hydrogen-bond acceptors (Lipinski definition) is 4. The van der Waals surface area contributed by atoms with Crippen molar-refractivity contribution < 1.29 is 13.2 Å². The molecule has 4 aromatic rings. The normalized spacial score (nSPS) is 14.4. The molecule has 3 heterocycles. The summed E-state index contributed by atoms with van der Waals surface area (Å²) in [5.41, 5.74) is 2.32. The number of benzene rings is 2. The molecule has 0 bridgehead atoms. The van der Waals surface area contributed by atoms with Crippen LogP contribution in [-0.4, -0.2) is 26.4 Å². The van der Waals surface area contributed by atoms with Crippen molar-refractivity contribution in [3.63, 3.8) is 0 Å². The van der Waals surface area contributed by atoms with Gasteiger partial charge in [0.25, 0.3) is 5.56 Å². The van der Waals surface area contributed by atoms with E-state index in [-0.39, 0.29) is 11.4 Å². The fourth-order valence-corrected chi connectivity index (χ4v) is 4.26. The number of alkyl halides is 3. The summed E-state index contributed by atoms with van der Waals surface area (Å²) in [7, 11) is 0. The van der Waals surface area contributed by atoms with E-state index in [1.165, 1.54) is 12.1 Å². The first kappa shape index (κ1) is 21.6. The largest absolute Gasteiger partial charge is 0.416 e. The Morgan fingerprint density at radius 3 is 2.58 bits per heavy atom. The molecule has 0 aliphatic carbocycles.